The second-order valence-corrected chi connectivity index (χ2v) is 16.3. The van der Waals surface area contributed by atoms with Crippen molar-refractivity contribution >= 4 is 16.6 Å². The van der Waals surface area contributed by atoms with E-state index in [0.717, 1.165) is 17.9 Å². The van der Waals surface area contributed by atoms with E-state index < -0.39 is 16.6 Å². The molecule has 0 atom stereocenters. The summed E-state index contributed by atoms with van der Waals surface area (Å²) < 4.78 is 13.0. The Hall–Kier alpha value is -0.486. The summed E-state index contributed by atoms with van der Waals surface area (Å²) in [5.74, 6) is 2.16. The minimum Gasteiger partial charge on any atom is -0.544 e. The van der Waals surface area contributed by atoms with E-state index >= 15 is 0 Å². The molecule has 1 aliphatic rings. The maximum Gasteiger partial charge on any atom is 0.245 e. The van der Waals surface area contributed by atoms with Gasteiger partial charge >= 0.3 is 0 Å². The average Bonchev–Trinajstić information content (AvgIpc) is 2.72. The Morgan fingerprint density at radius 2 is 1.41 bits per heavy atom. The smallest absolute Gasteiger partial charge is 0.245 e. The van der Waals surface area contributed by atoms with E-state index in [1.54, 1.807) is 0 Å². The molecule has 0 saturated carbocycles. The molecule has 0 aromatic rings. The first-order chi connectivity index (χ1) is 10.2. The lowest BCUT2D eigenvalue weighted by Gasteiger charge is -2.29. The molecule has 0 unspecified atom stereocenters. The lowest BCUT2D eigenvalue weighted by Crippen LogP contribution is -2.32. The van der Waals surface area contributed by atoms with E-state index in [4.69, 9.17) is 8.85 Å². The second kappa shape index (κ2) is 8.39. The van der Waals surface area contributed by atoms with E-state index in [0.29, 0.717) is 0 Å². The van der Waals surface area contributed by atoms with Gasteiger partial charge in [-0.05, 0) is 51.3 Å². The molecule has 0 aromatic heterocycles. The largest absolute Gasteiger partial charge is 0.544 e. The lowest BCUT2D eigenvalue weighted by molar-refractivity contribution is 0.346. The monoisotopic (exact) mass is 340 g/mol. The first-order valence-corrected chi connectivity index (χ1v) is 15.2. The molecule has 22 heavy (non-hydrogen) atoms. The first kappa shape index (κ1) is 19.6. The van der Waals surface area contributed by atoms with Crippen LogP contribution in [-0.2, 0) is 8.85 Å². The molecule has 2 nitrogen and oxygen atoms in total. The van der Waals surface area contributed by atoms with Crippen molar-refractivity contribution in [1.29, 1.82) is 0 Å². The minimum absolute atomic E-state index is 0.941. The number of allylic oxidation sites excluding steroid dienone is 2. The Morgan fingerprint density at radius 1 is 0.909 bits per heavy atom. The Labute approximate surface area is 140 Å². The number of unbranched alkanes of at least 4 members (excludes halogenated alkanes) is 2. The van der Waals surface area contributed by atoms with E-state index in [1.807, 2.05) is 0 Å². The summed E-state index contributed by atoms with van der Waals surface area (Å²) in [4.78, 5) is 0. The fourth-order valence-corrected chi connectivity index (χ4v) is 7.03. The van der Waals surface area contributed by atoms with Crippen molar-refractivity contribution in [3.8, 4) is 0 Å². The van der Waals surface area contributed by atoms with Gasteiger partial charge in [-0.15, -0.1) is 0 Å². The predicted octanol–water partition coefficient (Wildman–Crippen LogP) is 6.59. The molecular formula is C18H36O2Si2. The van der Waals surface area contributed by atoms with Crippen LogP contribution in [0, 0.1) is 0 Å². The molecule has 0 amide bonds. The van der Waals surface area contributed by atoms with Crippen LogP contribution < -0.4 is 0 Å². The van der Waals surface area contributed by atoms with Crippen LogP contribution in [0.3, 0.4) is 0 Å². The van der Waals surface area contributed by atoms with Gasteiger partial charge in [0.05, 0.1) is 0 Å². The fourth-order valence-electron chi connectivity index (χ4n) is 2.81. The third kappa shape index (κ3) is 6.73. The summed E-state index contributed by atoms with van der Waals surface area (Å²) in [5, 5.41) is 0. The van der Waals surface area contributed by atoms with Crippen LogP contribution in [0.4, 0.5) is 0 Å². The summed E-state index contributed by atoms with van der Waals surface area (Å²) in [6.45, 7) is 16.0. The van der Waals surface area contributed by atoms with Crippen LogP contribution in [-0.4, -0.2) is 16.6 Å². The summed E-state index contributed by atoms with van der Waals surface area (Å²) in [6.07, 6.45) is 8.18. The molecule has 0 saturated heterocycles. The SMILES string of the molecule is CCCC[Si](C)(C)OC1=C(O[Si](C)(C)CCCC)CC(C)=C1. The molecular weight excluding hydrogens is 304 g/mol. The van der Waals surface area contributed by atoms with Crippen molar-refractivity contribution in [2.24, 2.45) is 0 Å². The van der Waals surface area contributed by atoms with E-state index in [9.17, 15) is 0 Å². The third-order valence-electron chi connectivity index (χ3n) is 4.14. The van der Waals surface area contributed by atoms with Gasteiger partial charge in [0.15, 0.2) is 0 Å². The molecule has 0 radical (unpaired) electrons. The zero-order chi connectivity index (χ0) is 16.8. The van der Waals surface area contributed by atoms with Crippen molar-refractivity contribution < 1.29 is 8.85 Å². The third-order valence-corrected chi connectivity index (χ3v) is 8.83. The van der Waals surface area contributed by atoms with Crippen molar-refractivity contribution in [2.75, 3.05) is 0 Å². The van der Waals surface area contributed by atoms with Crippen molar-refractivity contribution in [3.63, 3.8) is 0 Å². The molecule has 0 aromatic carbocycles. The second-order valence-electron chi connectivity index (χ2n) is 7.89. The lowest BCUT2D eigenvalue weighted by atomic mass is 10.3. The maximum absolute atomic E-state index is 6.50. The average molecular weight is 341 g/mol. The van der Waals surface area contributed by atoms with Gasteiger partial charge in [0.1, 0.15) is 11.5 Å². The maximum atomic E-state index is 6.50. The highest BCUT2D eigenvalue weighted by molar-refractivity contribution is 6.72. The summed E-state index contributed by atoms with van der Waals surface area (Å²) >= 11 is 0. The molecule has 4 heteroatoms. The van der Waals surface area contributed by atoms with Gasteiger partial charge in [0.2, 0.25) is 16.6 Å². The minimum atomic E-state index is -1.63. The van der Waals surface area contributed by atoms with Gasteiger partial charge in [0, 0.05) is 6.42 Å². The van der Waals surface area contributed by atoms with Crippen LogP contribution in [0.1, 0.15) is 52.9 Å². The topological polar surface area (TPSA) is 18.5 Å². The van der Waals surface area contributed by atoms with Crippen LogP contribution in [0.15, 0.2) is 23.2 Å². The van der Waals surface area contributed by atoms with Gasteiger partial charge in [-0.2, -0.15) is 0 Å². The zero-order valence-corrected chi connectivity index (χ0v) is 17.8. The Balaban J connectivity index is 2.77. The molecule has 0 N–H and O–H groups in total. The Morgan fingerprint density at radius 3 is 1.91 bits per heavy atom. The number of hydrogen-bond donors (Lipinski definition) is 0. The normalized spacial score (nSPS) is 16.0. The summed E-state index contributed by atoms with van der Waals surface area (Å²) in [5.41, 5.74) is 1.37. The molecule has 0 heterocycles. The number of hydrogen-bond acceptors (Lipinski definition) is 2. The number of rotatable bonds is 10. The molecule has 0 fully saturated rings. The van der Waals surface area contributed by atoms with Crippen LogP contribution >= 0.6 is 0 Å². The van der Waals surface area contributed by atoms with Gasteiger partial charge in [-0.1, -0.05) is 45.1 Å². The van der Waals surface area contributed by atoms with Gasteiger partial charge in [-0.3, -0.25) is 0 Å². The molecule has 1 aliphatic carbocycles. The van der Waals surface area contributed by atoms with E-state index in [1.165, 1.54) is 43.3 Å². The van der Waals surface area contributed by atoms with Crippen LogP contribution in [0.5, 0.6) is 0 Å². The Kier molecular flexibility index (Phi) is 7.46. The van der Waals surface area contributed by atoms with Gasteiger partial charge < -0.3 is 8.85 Å². The highest BCUT2D eigenvalue weighted by Crippen LogP contribution is 2.33. The standard InChI is InChI=1S/C18H36O2Si2/c1-8-10-12-21(4,5)19-17-14-16(3)15-18(17)20-22(6,7)13-11-9-2/h14H,8-13,15H2,1-7H3. The van der Waals surface area contributed by atoms with Gasteiger partial charge in [-0.25, -0.2) is 0 Å². The quantitative estimate of drug-likeness (QED) is 0.417. The fraction of sp³-hybridized carbons (Fsp3) is 0.778. The van der Waals surface area contributed by atoms with Crippen LogP contribution in [0.2, 0.25) is 38.3 Å². The van der Waals surface area contributed by atoms with Crippen molar-refractivity contribution in [1.82, 2.24) is 0 Å². The highest BCUT2D eigenvalue weighted by atomic mass is 28.4. The summed E-state index contributed by atoms with van der Waals surface area (Å²) in [7, 11) is -3.25. The molecule has 1 rings (SSSR count). The van der Waals surface area contributed by atoms with Crippen LogP contribution in [0.25, 0.3) is 0 Å². The molecule has 128 valence electrons. The first-order valence-electron chi connectivity index (χ1n) is 8.97. The van der Waals surface area contributed by atoms with Crippen molar-refractivity contribution in [3.05, 3.63) is 23.2 Å². The molecule has 0 aliphatic heterocycles. The zero-order valence-electron chi connectivity index (χ0n) is 15.8. The summed E-state index contributed by atoms with van der Waals surface area (Å²) in [6, 6.07) is 2.46. The van der Waals surface area contributed by atoms with Gasteiger partial charge in [0.25, 0.3) is 0 Å². The van der Waals surface area contributed by atoms with E-state index in [-0.39, 0.29) is 0 Å². The van der Waals surface area contributed by atoms with Crippen molar-refractivity contribution in [2.45, 2.75) is 91.2 Å². The van der Waals surface area contributed by atoms with E-state index in [2.05, 4.69) is 53.0 Å². The predicted molar refractivity (Wildman–Crippen MR) is 102 cm³/mol. The highest BCUT2D eigenvalue weighted by Gasteiger charge is 2.31. The molecule has 0 spiro atoms. The molecule has 0 bridgehead atoms. The Bertz CT molecular complexity index is 423.